The van der Waals surface area contributed by atoms with Crippen LogP contribution in [0, 0.1) is 0 Å². The zero-order chi connectivity index (χ0) is 12.5. The van der Waals surface area contributed by atoms with E-state index in [1.807, 2.05) is 5.51 Å². The van der Waals surface area contributed by atoms with Crippen LogP contribution in [0.3, 0.4) is 0 Å². The average Bonchev–Trinajstić information content (AvgIpc) is 2.95. The summed E-state index contributed by atoms with van der Waals surface area (Å²) in [6.45, 7) is 6.69. The lowest BCUT2D eigenvalue weighted by Gasteiger charge is -2.20. The Balaban J connectivity index is 1.75. The first-order valence-corrected chi connectivity index (χ1v) is 7.44. The van der Waals surface area contributed by atoms with Gasteiger partial charge in [0.1, 0.15) is 0 Å². The Morgan fingerprint density at radius 2 is 2.33 bits per heavy atom. The van der Waals surface area contributed by atoms with Crippen molar-refractivity contribution < 1.29 is 0 Å². The van der Waals surface area contributed by atoms with Gasteiger partial charge in [-0.05, 0) is 24.6 Å². The van der Waals surface area contributed by atoms with Crippen molar-refractivity contribution in [3.05, 3.63) is 23.7 Å². The van der Waals surface area contributed by atoms with Crippen molar-refractivity contribution in [2.24, 2.45) is 0 Å². The highest BCUT2D eigenvalue weighted by Crippen LogP contribution is 2.26. The van der Waals surface area contributed by atoms with Crippen LogP contribution in [0.1, 0.15) is 20.3 Å². The van der Waals surface area contributed by atoms with Crippen LogP contribution in [-0.4, -0.2) is 30.2 Å². The third-order valence-corrected chi connectivity index (χ3v) is 4.23. The topological polar surface area (TPSA) is 28.2 Å². The Labute approximate surface area is 112 Å². The molecule has 1 aliphatic rings. The molecule has 1 fully saturated rings. The number of anilines is 1. The fraction of sp³-hybridized carbons (Fsp3) is 0.500. The third-order valence-electron chi connectivity index (χ3n) is 3.44. The molecule has 0 radical (unpaired) electrons. The number of hydrogen-bond donors (Lipinski definition) is 1. The highest BCUT2D eigenvalue weighted by Gasteiger charge is 2.23. The summed E-state index contributed by atoms with van der Waals surface area (Å²) in [5.74, 6) is 0. The molecule has 3 nitrogen and oxygen atoms in total. The smallest absolute Gasteiger partial charge is 0.0813 e. The van der Waals surface area contributed by atoms with Crippen LogP contribution in [-0.2, 0) is 0 Å². The van der Waals surface area contributed by atoms with Gasteiger partial charge < -0.3 is 10.2 Å². The van der Waals surface area contributed by atoms with Crippen molar-refractivity contribution in [2.45, 2.75) is 32.4 Å². The Bertz CT molecular complexity index is 535. The molecule has 18 heavy (non-hydrogen) atoms. The van der Waals surface area contributed by atoms with Gasteiger partial charge >= 0.3 is 0 Å². The lowest BCUT2D eigenvalue weighted by atomic mass is 10.2. The molecule has 3 rings (SSSR count). The van der Waals surface area contributed by atoms with Gasteiger partial charge in [0.15, 0.2) is 0 Å². The summed E-state index contributed by atoms with van der Waals surface area (Å²) in [6.07, 6.45) is 1.24. The number of nitrogens with one attached hydrogen (secondary N) is 1. The van der Waals surface area contributed by atoms with Crippen LogP contribution < -0.4 is 10.2 Å². The minimum atomic E-state index is 0.568. The molecular weight excluding hydrogens is 242 g/mol. The maximum atomic E-state index is 4.33. The highest BCUT2D eigenvalue weighted by atomic mass is 32.1. The van der Waals surface area contributed by atoms with Gasteiger partial charge in [-0.2, -0.15) is 0 Å². The van der Waals surface area contributed by atoms with Crippen molar-refractivity contribution >= 4 is 27.2 Å². The molecule has 96 valence electrons. The highest BCUT2D eigenvalue weighted by molar-refractivity contribution is 7.16. The summed E-state index contributed by atoms with van der Waals surface area (Å²) in [5, 5.41) is 3.62. The molecule has 4 heteroatoms. The standard InChI is InChI=1S/C14H19N3S/c1-10(2)16-11-5-6-17(8-11)12-3-4-13-14(7-12)18-9-15-13/h3-4,7,9-11,16H,5-6,8H2,1-2H3. The van der Waals surface area contributed by atoms with E-state index in [4.69, 9.17) is 0 Å². The fourth-order valence-corrected chi connectivity index (χ4v) is 3.35. The zero-order valence-corrected chi connectivity index (χ0v) is 11.7. The molecule has 1 N–H and O–H groups in total. The largest absolute Gasteiger partial charge is 0.370 e. The van der Waals surface area contributed by atoms with E-state index in [-0.39, 0.29) is 0 Å². The van der Waals surface area contributed by atoms with Crippen molar-refractivity contribution in [2.75, 3.05) is 18.0 Å². The van der Waals surface area contributed by atoms with E-state index >= 15 is 0 Å². The summed E-state index contributed by atoms with van der Waals surface area (Å²) < 4.78 is 1.28. The van der Waals surface area contributed by atoms with E-state index < -0.39 is 0 Å². The zero-order valence-electron chi connectivity index (χ0n) is 10.9. The normalized spacial score (nSPS) is 20.2. The number of hydrogen-bond acceptors (Lipinski definition) is 4. The van der Waals surface area contributed by atoms with Gasteiger partial charge in [0.25, 0.3) is 0 Å². The number of rotatable bonds is 3. The van der Waals surface area contributed by atoms with Crippen molar-refractivity contribution in [3.8, 4) is 0 Å². The second-order valence-electron chi connectivity index (χ2n) is 5.26. The van der Waals surface area contributed by atoms with Gasteiger partial charge in [-0.15, -0.1) is 11.3 Å². The van der Waals surface area contributed by atoms with E-state index in [2.05, 4.69) is 47.2 Å². The Kier molecular flexibility index (Phi) is 3.22. The molecule has 0 aliphatic carbocycles. The molecule has 0 amide bonds. The maximum Gasteiger partial charge on any atom is 0.0813 e. The molecule has 0 bridgehead atoms. The molecule has 2 heterocycles. The Hall–Kier alpha value is -1.13. The first kappa shape index (κ1) is 11.9. The first-order chi connectivity index (χ1) is 8.72. The number of fused-ring (bicyclic) bond motifs is 1. The van der Waals surface area contributed by atoms with E-state index in [9.17, 15) is 0 Å². The molecule has 1 unspecified atom stereocenters. The molecule has 1 atom stereocenters. The van der Waals surface area contributed by atoms with Crippen molar-refractivity contribution in [3.63, 3.8) is 0 Å². The molecular formula is C14H19N3S. The summed E-state index contributed by atoms with van der Waals surface area (Å²) >= 11 is 1.72. The number of thiazole rings is 1. The van der Waals surface area contributed by atoms with E-state index in [1.54, 1.807) is 11.3 Å². The number of nitrogens with zero attached hydrogens (tertiary/aromatic N) is 2. The van der Waals surface area contributed by atoms with Gasteiger partial charge in [-0.3, -0.25) is 0 Å². The Morgan fingerprint density at radius 3 is 3.17 bits per heavy atom. The SMILES string of the molecule is CC(C)NC1CCN(c2ccc3ncsc3c2)C1. The minimum absolute atomic E-state index is 0.568. The fourth-order valence-electron chi connectivity index (χ4n) is 2.64. The molecule has 2 aromatic rings. The van der Waals surface area contributed by atoms with Crippen LogP contribution >= 0.6 is 11.3 Å². The molecule has 1 saturated heterocycles. The van der Waals surface area contributed by atoms with Gasteiger partial charge in [0.05, 0.1) is 15.7 Å². The summed E-state index contributed by atoms with van der Waals surface area (Å²) in [5.41, 5.74) is 4.36. The summed E-state index contributed by atoms with van der Waals surface area (Å²) in [7, 11) is 0. The number of aromatic nitrogens is 1. The van der Waals surface area contributed by atoms with Crippen LogP contribution in [0.5, 0.6) is 0 Å². The molecule has 0 saturated carbocycles. The molecule has 1 aliphatic heterocycles. The van der Waals surface area contributed by atoms with E-state index in [0.717, 1.165) is 18.6 Å². The van der Waals surface area contributed by atoms with E-state index in [0.29, 0.717) is 12.1 Å². The van der Waals surface area contributed by atoms with Crippen molar-refractivity contribution in [1.82, 2.24) is 10.3 Å². The lowest BCUT2D eigenvalue weighted by molar-refractivity contribution is 0.492. The summed E-state index contributed by atoms with van der Waals surface area (Å²) in [6, 6.07) is 7.79. The monoisotopic (exact) mass is 261 g/mol. The predicted molar refractivity (Wildman–Crippen MR) is 78.5 cm³/mol. The van der Waals surface area contributed by atoms with Gasteiger partial charge in [0.2, 0.25) is 0 Å². The lowest BCUT2D eigenvalue weighted by Crippen LogP contribution is -2.36. The third kappa shape index (κ3) is 2.35. The van der Waals surface area contributed by atoms with Crippen LogP contribution in [0.15, 0.2) is 23.7 Å². The first-order valence-electron chi connectivity index (χ1n) is 6.56. The maximum absolute atomic E-state index is 4.33. The van der Waals surface area contributed by atoms with Crippen molar-refractivity contribution in [1.29, 1.82) is 0 Å². The predicted octanol–water partition coefficient (Wildman–Crippen LogP) is 2.87. The van der Waals surface area contributed by atoms with Crippen LogP contribution in [0.2, 0.25) is 0 Å². The second-order valence-corrected chi connectivity index (χ2v) is 6.14. The summed E-state index contributed by atoms with van der Waals surface area (Å²) in [4.78, 5) is 6.80. The molecule has 1 aromatic heterocycles. The van der Waals surface area contributed by atoms with Crippen LogP contribution in [0.25, 0.3) is 10.2 Å². The molecule has 1 aromatic carbocycles. The molecule has 0 spiro atoms. The van der Waals surface area contributed by atoms with Gasteiger partial charge in [0, 0.05) is 30.9 Å². The average molecular weight is 261 g/mol. The van der Waals surface area contributed by atoms with Gasteiger partial charge in [-0.1, -0.05) is 13.8 Å². The Morgan fingerprint density at radius 1 is 1.44 bits per heavy atom. The van der Waals surface area contributed by atoms with Gasteiger partial charge in [-0.25, -0.2) is 4.98 Å². The number of benzene rings is 1. The van der Waals surface area contributed by atoms with Crippen LogP contribution in [0.4, 0.5) is 5.69 Å². The van der Waals surface area contributed by atoms with E-state index in [1.165, 1.54) is 16.8 Å². The quantitative estimate of drug-likeness (QED) is 0.921. The second kappa shape index (κ2) is 4.86. The minimum Gasteiger partial charge on any atom is -0.370 e.